The largest absolute Gasteiger partial charge is 0.357 e. The average molecular weight is 547 g/mol. The van der Waals surface area contributed by atoms with E-state index >= 15 is 0 Å². The molecule has 0 saturated heterocycles. The van der Waals surface area contributed by atoms with Crippen molar-refractivity contribution in [1.29, 1.82) is 0 Å². The molecule has 5 nitrogen and oxygen atoms in total. The van der Waals surface area contributed by atoms with Crippen LogP contribution in [0.3, 0.4) is 0 Å². The number of carbonyl (C=O) groups excluding carboxylic acids is 1. The molecule has 0 spiro atoms. The second-order valence-electron chi connectivity index (χ2n) is 6.32. The molecule has 29 heavy (non-hydrogen) atoms. The van der Waals surface area contributed by atoms with E-state index in [4.69, 9.17) is 11.6 Å². The molecule has 2 rings (SSSR count). The van der Waals surface area contributed by atoms with Gasteiger partial charge in [-0.1, -0.05) is 23.7 Å². The number of nitrogens with one attached hydrogen (secondary N) is 2. The molecule has 2 aromatic carbocycles. The lowest BCUT2D eigenvalue weighted by molar-refractivity contribution is 0.0827. The monoisotopic (exact) mass is 546 g/mol. The normalized spacial score (nSPS) is 10.8. The minimum atomic E-state index is 0. The summed E-state index contributed by atoms with van der Waals surface area (Å²) in [6, 6.07) is 15.4. The lowest BCUT2D eigenvalue weighted by Crippen LogP contribution is -2.38. The van der Waals surface area contributed by atoms with Gasteiger partial charge in [-0.3, -0.25) is 4.79 Å². The Bertz CT molecular complexity index is 782. The quantitative estimate of drug-likeness (QED) is 0.168. The number of amides is 1. The zero-order valence-corrected chi connectivity index (χ0v) is 20.8. The molecule has 0 atom stereocenters. The summed E-state index contributed by atoms with van der Waals surface area (Å²) in [5, 5.41) is 7.36. The van der Waals surface area contributed by atoms with Gasteiger partial charge in [-0.25, -0.2) is 4.99 Å². The number of guanidine groups is 1. The highest BCUT2D eigenvalue weighted by molar-refractivity contribution is 14.0. The minimum Gasteiger partial charge on any atom is -0.357 e. The number of nitrogens with zero attached hydrogens (tertiary/aromatic N) is 2. The van der Waals surface area contributed by atoms with Crippen LogP contribution in [0, 0.1) is 0 Å². The summed E-state index contributed by atoms with van der Waals surface area (Å²) in [5.74, 6) is 1.71. The summed E-state index contributed by atoms with van der Waals surface area (Å²) in [6.07, 6.45) is 0. The molecule has 0 aliphatic rings. The molecule has 0 heterocycles. The van der Waals surface area contributed by atoms with Gasteiger partial charge in [0.2, 0.25) is 0 Å². The van der Waals surface area contributed by atoms with Gasteiger partial charge < -0.3 is 15.5 Å². The van der Waals surface area contributed by atoms with E-state index in [1.807, 2.05) is 55.5 Å². The predicted octanol–water partition coefficient (Wildman–Crippen LogP) is 4.51. The van der Waals surface area contributed by atoms with Crippen molar-refractivity contribution < 1.29 is 4.79 Å². The Kier molecular flexibility index (Phi) is 12.1. The van der Waals surface area contributed by atoms with Crippen LogP contribution >= 0.6 is 47.3 Å². The van der Waals surface area contributed by atoms with Gasteiger partial charge in [0.25, 0.3) is 5.91 Å². The van der Waals surface area contributed by atoms with E-state index in [1.165, 1.54) is 4.90 Å². The predicted molar refractivity (Wildman–Crippen MR) is 135 cm³/mol. The Morgan fingerprint density at radius 2 is 1.72 bits per heavy atom. The van der Waals surface area contributed by atoms with Crippen LogP contribution < -0.4 is 10.6 Å². The highest BCUT2D eigenvalue weighted by Crippen LogP contribution is 2.19. The molecule has 0 bridgehead atoms. The van der Waals surface area contributed by atoms with Crippen LogP contribution in [0.25, 0.3) is 0 Å². The first kappa shape index (κ1) is 25.6. The fourth-order valence-corrected chi connectivity index (χ4v) is 3.29. The highest BCUT2D eigenvalue weighted by atomic mass is 127. The first-order valence-corrected chi connectivity index (χ1v) is 10.6. The van der Waals surface area contributed by atoms with Crippen LogP contribution in [-0.4, -0.2) is 49.7 Å². The van der Waals surface area contributed by atoms with Crippen molar-refractivity contribution in [3.05, 3.63) is 64.7 Å². The number of hydrogen-bond acceptors (Lipinski definition) is 3. The SMILES string of the molecule is CCNC(=NCc1ccc(C(=O)N(C)C)cc1)NCCSc1ccc(Cl)cc1.I. The van der Waals surface area contributed by atoms with E-state index in [9.17, 15) is 4.79 Å². The fraction of sp³-hybridized carbons (Fsp3) is 0.333. The van der Waals surface area contributed by atoms with E-state index in [2.05, 4.69) is 15.6 Å². The second-order valence-corrected chi connectivity index (χ2v) is 7.93. The molecular weight excluding hydrogens is 519 g/mol. The van der Waals surface area contributed by atoms with Gasteiger partial charge in [0.05, 0.1) is 6.54 Å². The van der Waals surface area contributed by atoms with Crippen molar-refractivity contribution in [2.45, 2.75) is 18.4 Å². The van der Waals surface area contributed by atoms with E-state index in [-0.39, 0.29) is 29.9 Å². The zero-order chi connectivity index (χ0) is 20.4. The van der Waals surface area contributed by atoms with Crippen molar-refractivity contribution in [3.8, 4) is 0 Å². The standard InChI is InChI=1S/C21H27ClN4OS.HI/c1-4-23-21(24-13-14-28-19-11-9-18(22)10-12-19)25-15-16-5-7-17(8-6-16)20(27)26(2)3;/h5-12H,4,13-15H2,1-3H3,(H2,23,24,25);1H. The Morgan fingerprint density at radius 3 is 2.31 bits per heavy atom. The maximum Gasteiger partial charge on any atom is 0.253 e. The third-order valence-corrected chi connectivity index (χ3v) is 5.11. The van der Waals surface area contributed by atoms with Gasteiger partial charge in [-0.2, -0.15) is 0 Å². The maximum absolute atomic E-state index is 11.9. The van der Waals surface area contributed by atoms with Crippen LogP contribution in [-0.2, 0) is 6.54 Å². The number of thioether (sulfide) groups is 1. The number of rotatable bonds is 8. The van der Waals surface area contributed by atoms with Crippen molar-refractivity contribution in [1.82, 2.24) is 15.5 Å². The number of benzene rings is 2. The summed E-state index contributed by atoms with van der Waals surface area (Å²) in [6.45, 7) is 4.19. The van der Waals surface area contributed by atoms with E-state index in [0.717, 1.165) is 35.4 Å². The van der Waals surface area contributed by atoms with Gasteiger partial charge in [0.15, 0.2) is 5.96 Å². The van der Waals surface area contributed by atoms with Crippen LogP contribution in [0.4, 0.5) is 0 Å². The molecule has 0 unspecified atom stereocenters. The molecule has 0 aromatic heterocycles. The molecule has 0 aliphatic heterocycles. The molecular formula is C21H28ClIN4OS. The van der Waals surface area contributed by atoms with Crippen LogP contribution in [0.5, 0.6) is 0 Å². The molecule has 0 fully saturated rings. The average Bonchev–Trinajstić information content (AvgIpc) is 2.70. The minimum absolute atomic E-state index is 0. The van der Waals surface area contributed by atoms with Gasteiger partial charge in [0, 0.05) is 48.4 Å². The number of aliphatic imine (C=N–C) groups is 1. The fourth-order valence-electron chi connectivity index (χ4n) is 2.39. The molecule has 0 radical (unpaired) electrons. The number of hydrogen-bond donors (Lipinski definition) is 2. The Morgan fingerprint density at radius 1 is 1.07 bits per heavy atom. The summed E-state index contributed by atoms with van der Waals surface area (Å²) < 4.78 is 0. The highest BCUT2D eigenvalue weighted by Gasteiger charge is 2.07. The Balaban J connectivity index is 0.00000420. The Hall–Kier alpha value is -1.45. The summed E-state index contributed by atoms with van der Waals surface area (Å²) in [7, 11) is 3.50. The molecule has 1 amide bonds. The maximum atomic E-state index is 11.9. The van der Waals surface area contributed by atoms with Gasteiger partial charge in [-0.15, -0.1) is 35.7 Å². The van der Waals surface area contributed by atoms with Gasteiger partial charge in [0.1, 0.15) is 0 Å². The topological polar surface area (TPSA) is 56.7 Å². The molecule has 2 N–H and O–H groups in total. The lowest BCUT2D eigenvalue weighted by Gasteiger charge is -2.12. The number of halogens is 2. The zero-order valence-electron chi connectivity index (χ0n) is 16.9. The van der Waals surface area contributed by atoms with E-state index < -0.39 is 0 Å². The third kappa shape index (κ3) is 9.27. The van der Waals surface area contributed by atoms with E-state index in [0.29, 0.717) is 12.1 Å². The van der Waals surface area contributed by atoms with Crippen LogP contribution in [0.2, 0.25) is 5.02 Å². The van der Waals surface area contributed by atoms with Crippen molar-refractivity contribution in [2.24, 2.45) is 4.99 Å². The first-order valence-electron chi connectivity index (χ1n) is 9.20. The van der Waals surface area contributed by atoms with Gasteiger partial charge in [-0.05, 0) is 48.9 Å². The second kappa shape index (κ2) is 13.7. The summed E-state index contributed by atoms with van der Waals surface area (Å²) in [4.78, 5) is 19.3. The lowest BCUT2D eigenvalue weighted by atomic mass is 10.1. The molecule has 0 aliphatic carbocycles. The summed E-state index contributed by atoms with van der Waals surface area (Å²) in [5.41, 5.74) is 1.74. The summed E-state index contributed by atoms with van der Waals surface area (Å²) >= 11 is 7.68. The van der Waals surface area contributed by atoms with Crippen LogP contribution in [0.1, 0.15) is 22.8 Å². The molecule has 158 valence electrons. The smallest absolute Gasteiger partial charge is 0.253 e. The van der Waals surface area contributed by atoms with Gasteiger partial charge >= 0.3 is 0 Å². The van der Waals surface area contributed by atoms with Crippen molar-refractivity contribution >= 4 is 59.2 Å². The van der Waals surface area contributed by atoms with Crippen LogP contribution in [0.15, 0.2) is 58.4 Å². The number of carbonyl (C=O) groups is 1. The van der Waals surface area contributed by atoms with E-state index in [1.54, 1.807) is 30.8 Å². The Labute approximate surface area is 199 Å². The van der Waals surface area contributed by atoms with Crippen molar-refractivity contribution in [2.75, 3.05) is 32.9 Å². The third-order valence-electron chi connectivity index (χ3n) is 3.85. The van der Waals surface area contributed by atoms with Crippen molar-refractivity contribution in [3.63, 3.8) is 0 Å². The molecule has 8 heteroatoms. The molecule has 0 saturated carbocycles. The first-order chi connectivity index (χ1) is 13.5. The molecule has 2 aromatic rings.